The maximum atomic E-state index is 6.25. The van der Waals surface area contributed by atoms with Gasteiger partial charge < -0.3 is 9.31 Å². The molecule has 3 heterocycles. The van der Waals surface area contributed by atoms with Gasteiger partial charge in [-0.1, -0.05) is 169 Å². The highest BCUT2D eigenvalue weighted by molar-refractivity contribution is 6.62. The minimum atomic E-state index is -0.445. The maximum Gasteiger partial charge on any atom is 0.494 e. The van der Waals surface area contributed by atoms with Gasteiger partial charge in [0.15, 0.2) is 34.9 Å². The number of rotatable bonds is 7. The van der Waals surface area contributed by atoms with Crippen molar-refractivity contribution in [2.24, 2.45) is 0 Å². The van der Waals surface area contributed by atoms with Crippen LogP contribution in [0.4, 0.5) is 0 Å². The van der Waals surface area contributed by atoms with Crippen LogP contribution in [-0.2, 0) is 9.31 Å². The van der Waals surface area contributed by atoms with Gasteiger partial charge >= 0.3 is 7.12 Å². The molecule has 2 aromatic heterocycles. The second-order valence-electron chi connectivity index (χ2n) is 14.8. The van der Waals surface area contributed by atoms with Crippen molar-refractivity contribution in [2.75, 3.05) is 0 Å². The quantitative estimate of drug-likeness (QED) is 0.148. The molecule has 0 atom stereocenters. The number of aromatic nitrogens is 6. The normalized spacial score (nSPS) is 14.1. The Kier molecular flexibility index (Phi) is 11.0. The Morgan fingerprint density at radius 2 is 0.655 bits per heavy atom. The van der Waals surface area contributed by atoms with E-state index in [2.05, 4.69) is 42.6 Å². The lowest BCUT2D eigenvalue weighted by Crippen LogP contribution is -2.41. The van der Waals surface area contributed by atoms with Crippen LogP contribution in [0.3, 0.4) is 0 Å². The summed E-state index contributed by atoms with van der Waals surface area (Å²) in [6, 6.07) is 55.3. The average Bonchev–Trinajstić information content (AvgIpc) is 3.50. The van der Waals surface area contributed by atoms with Crippen molar-refractivity contribution in [3.8, 4) is 68.3 Å². The largest absolute Gasteiger partial charge is 0.494 e. The Balaban J connectivity index is 0.000000168. The Hall–Kier alpha value is -6.39. The molecular formula is C48H40BClN6O2. The van der Waals surface area contributed by atoms with E-state index in [0.29, 0.717) is 40.0 Å². The lowest BCUT2D eigenvalue weighted by molar-refractivity contribution is 0.00578. The zero-order valence-electron chi connectivity index (χ0n) is 32.6. The Morgan fingerprint density at radius 1 is 0.362 bits per heavy atom. The molecule has 0 amide bonds. The van der Waals surface area contributed by atoms with Crippen LogP contribution < -0.4 is 5.46 Å². The fourth-order valence-electron chi connectivity index (χ4n) is 6.31. The van der Waals surface area contributed by atoms with Gasteiger partial charge in [0, 0.05) is 38.4 Å². The summed E-state index contributed by atoms with van der Waals surface area (Å²) >= 11 is 6.14. The smallest absolute Gasteiger partial charge is 0.399 e. The molecule has 0 N–H and O–H groups in total. The molecule has 0 bridgehead atoms. The Bertz CT molecular complexity index is 2520. The average molecular weight is 779 g/mol. The molecule has 1 aliphatic rings. The van der Waals surface area contributed by atoms with Crippen LogP contribution in [0.25, 0.3) is 68.3 Å². The van der Waals surface area contributed by atoms with Crippen molar-refractivity contribution in [1.82, 2.24) is 29.9 Å². The summed E-state index contributed by atoms with van der Waals surface area (Å²) in [5.41, 5.74) is 5.68. The predicted octanol–water partition coefficient (Wildman–Crippen LogP) is 10.7. The summed E-state index contributed by atoms with van der Waals surface area (Å²) < 4.78 is 12.5. The monoisotopic (exact) mass is 778 g/mol. The fraction of sp³-hybridized carbons (Fsp3) is 0.125. The molecule has 9 rings (SSSR count). The van der Waals surface area contributed by atoms with Crippen molar-refractivity contribution in [3.05, 3.63) is 175 Å². The standard InChI is InChI=1S/C27H26BN3O2.C21H14ClN3/c1-26(2)27(3,4)33-28(32-26)22-17-11-16-21(18-22)25-30-23(19-12-7-5-8-13-19)29-24(31-25)20-14-9-6-10-15-20;22-18-13-7-12-17(14-18)21-24-19(15-8-3-1-4-9-15)23-20(25-21)16-10-5-2-6-11-16/h5-18H,1-4H3;1-14H. The van der Waals surface area contributed by atoms with Crippen LogP contribution >= 0.6 is 11.6 Å². The zero-order valence-corrected chi connectivity index (χ0v) is 33.4. The summed E-state index contributed by atoms with van der Waals surface area (Å²) in [5, 5.41) is 0.653. The molecule has 58 heavy (non-hydrogen) atoms. The number of benzene rings is 6. The van der Waals surface area contributed by atoms with Gasteiger partial charge in [-0.05, 0) is 45.3 Å². The van der Waals surface area contributed by atoms with Gasteiger partial charge in [-0.2, -0.15) is 0 Å². The first-order chi connectivity index (χ1) is 28.1. The lowest BCUT2D eigenvalue weighted by Gasteiger charge is -2.32. The van der Waals surface area contributed by atoms with Crippen LogP contribution in [0.15, 0.2) is 170 Å². The Morgan fingerprint density at radius 3 is 1.00 bits per heavy atom. The van der Waals surface area contributed by atoms with Gasteiger partial charge in [0.25, 0.3) is 0 Å². The van der Waals surface area contributed by atoms with E-state index in [4.69, 9.17) is 35.9 Å². The van der Waals surface area contributed by atoms with Crippen LogP contribution in [0.2, 0.25) is 5.02 Å². The predicted molar refractivity (Wildman–Crippen MR) is 233 cm³/mol. The molecule has 8 aromatic rings. The molecule has 284 valence electrons. The second-order valence-corrected chi connectivity index (χ2v) is 15.2. The van der Waals surface area contributed by atoms with Crippen molar-refractivity contribution in [2.45, 2.75) is 38.9 Å². The molecule has 8 nitrogen and oxygen atoms in total. The van der Waals surface area contributed by atoms with Gasteiger partial charge in [-0.3, -0.25) is 0 Å². The summed E-state index contributed by atoms with van der Waals surface area (Å²) in [7, 11) is -0.445. The van der Waals surface area contributed by atoms with Crippen LogP contribution in [0.1, 0.15) is 27.7 Å². The van der Waals surface area contributed by atoms with Crippen LogP contribution in [0.5, 0.6) is 0 Å². The zero-order chi connectivity index (χ0) is 40.1. The van der Waals surface area contributed by atoms with E-state index in [1.165, 1.54) is 0 Å². The van der Waals surface area contributed by atoms with Crippen molar-refractivity contribution >= 4 is 24.2 Å². The fourth-order valence-corrected chi connectivity index (χ4v) is 6.50. The van der Waals surface area contributed by atoms with Crippen molar-refractivity contribution in [3.63, 3.8) is 0 Å². The third-order valence-electron chi connectivity index (χ3n) is 10.2. The molecular weight excluding hydrogens is 739 g/mol. The number of halogens is 1. The summed E-state index contributed by atoms with van der Waals surface area (Å²) in [6.45, 7) is 8.23. The lowest BCUT2D eigenvalue weighted by atomic mass is 9.78. The molecule has 6 aromatic carbocycles. The molecule has 1 fully saturated rings. The van der Waals surface area contributed by atoms with Gasteiger partial charge in [0.1, 0.15) is 0 Å². The van der Waals surface area contributed by atoms with Crippen molar-refractivity contribution < 1.29 is 9.31 Å². The highest BCUT2D eigenvalue weighted by atomic mass is 35.5. The van der Waals surface area contributed by atoms with E-state index in [1.807, 2.05) is 170 Å². The first-order valence-electron chi connectivity index (χ1n) is 19.1. The number of hydrogen-bond donors (Lipinski definition) is 0. The van der Waals surface area contributed by atoms with Crippen molar-refractivity contribution in [1.29, 1.82) is 0 Å². The number of nitrogens with zero attached hydrogens (tertiary/aromatic N) is 6. The van der Waals surface area contributed by atoms with Crippen LogP contribution in [-0.4, -0.2) is 48.2 Å². The molecule has 10 heteroatoms. The number of hydrogen-bond acceptors (Lipinski definition) is 8. The van der Waals surface area contributed by atoms with Gasteiger partial charge in [-0.25, -0.2) is 29.9 Å². The minimum Gasteiger partial charge on any atom is -0.399 e. The Labute approximate surface area is 344 Å². The first kappa shape index (κ1) is 38.5. The van der Waals surface area contributed by atoms with E-state index in [-0.39, 0.29) is 0 Å². The first-order valence-corrected chi connectivity index (χ1v) is 19.5. The molecule has 1 saturated heterocycles. The van der Waals surface area contributed by atoms with E-state index in [1.54, 1.807) is 0 Å². The molecule has 1 aliphatic heterocycles. The van der Waals surface area contributed by atoms with Gasteiger partial charge in [-0.15, -0.1) is 0 Å². The van der Waals surface area contributed by atoms with Crippen LogP contribution in [0, 0.1) is 0 Å². The molecule has 0 aliphatic carbocycles. The third kappa shape index (κ3) is 8.62. The van der Waals surface area contributed by atoms with E-state index < -0.39 is 18.3 Å². The topological polar surface area (TPSA) is 95.8 Å². The van der Waals surface area contributed by atoms with Gasteiger partial charge in [0.05, 0.1) is 11.2 Å². The van der Waals surface area contributed by atoms with Gasteiger partial charge in [0.2, 0.25) is 0 Å². The SMILES string of the molecule is CC1(C)OB(c2cccc(-c3nc(-c4ccccc4)nc(-c4ccccc4)n3)c2)OC1(C)C.Clc1cccc(-c2nc(-c3ccccc3)nc(-c3ccccc3)n2)c1. The minimum absolute atomic E-state index is 0.401. The highest BCUT2D eigenvalue weighted by Crippen LogP contribution is 2.37. The van der Waals surface area contributed by atoms with E-state index in [9.17, 15) is 0 Å². The molecule has 0 saturated carbocycles. The molecule has 0 spiro atoms. The summed E-state index contributed by atoms with van der Waals surface area (Å²) in [4.78, 5) is 28.4. The summed E-state index contributed by atoms with van der Waals surface area (Å²) in [5.74, 6) is 3.78. The van der Waals surface area contributed by atoms with E-state index >= 15 is 0 Å². The third-order valence-corrected chi connectivity index (χ3v) is 10.4. The summed E-state index contributed by atoms with van der Waals surface area (Å²) in [6.07, 6.45) is 0. The van der Waals surface area contributed by atoms with E-state index in [0.717, 1.165) is 38.8 Å². The second kappa shape index (κ2) is 16.6. The highest BCUT2D eigenvalue weighted by Gasteiger charge is 2.51. The maximum absolute atomic E-state index is 6.25. The molecule has 0 unspecified atom stereocenters. The molecule has 0 radical (unpaired) electrons.